The van der Waals surface area contributed by atoms with Crippen molar-refractivity contribution in [3.05, 3.63) is 60.1 Å². The van der Waals surface area contributed by atoms with Crippen LogP contribution in [0.1, 0.15) is 36.7 Å². The molecule has 1 fully saturated rings. The Kier molecular flexibility index (Phi) is 7.50. The summed E-state index contributed by atoms with van der Waals surface area (Å²) in [7, 11) is 0. The van der Waals surface area contributed by atoms with Gasteiger partial charge in [-0.05, 0) is 37.1 Å². The Balaban J connectivity index is 0.00000225. The molecule has 2 atom stereocenters. The zero-order chi connectivity index (χ0) is 16.8. The number of aliphatic hydroxyl groups excluding tert-OH is 1. The highest BCUT2D eigenvalue weighted by molar-refractivity contribution is 5.85. The molecule has 2 N–H and O–H groups in total. The van der Waals surface area contributed by atoms with Gasteiger partial charge in [-0.3, -0.25) is 4.79 Å². The number of benzene rings is 1. The SMILES string of the molecule is Cl.O=C(CC1CCCN1)N(Cc1ccccc1)CC(O)c1ccco1. The van der Waals surface area contributed by atoms with E-state index in [1.807, 2.05) is 30.3 Å². The number of furan rings is 1. The monoisotopic (exact) mass is 364 g/mol. The van der Waals surface area contributed by atoms with Crippen LogP contribution in [-0.2, 0) is 11.3 Å². The Morgan fingerprint density at radius 2 is 2.08 bits per heavy atom. The predicted molar refractivity (Wildman–Crippen MR) is 98.4 cm³/mol. The van der Waals surface area contributed by atoms with Crippen LogP contribution in [0.5, 0.6) is 0 Å². The summed E-state index contributed by atoms with van der Waals surface area (Å²) in [5.41, 5.74) is 1.05. The van der Waals surface area contributed by atoms with E-state index in [1.54, 1.807) is 17.0 Å². The Morgan fingerprint density at radius 1 is 1.28 bits per heavy atom. The zero-order valence-electron chi connectivity index (χ0n) is 14.1. The van der Waals surface area contributed by atoms with Gasteiger partial charge in [-0.1, -0.05) is 30.3 Å². The van der Waals surface area contributed by atoms with Gasteiger partial charge in [0.05, 0.1) is 12.8 Å². The van der Waals surface area contributed by atoms with Crippen LogP contribution in [0.15, 0.2) is 53.1 Å². The fourth-order valence-corrected chi connectivity index (χ4v) is 3.11. The number of nitrogens with zero attached hydrogens (tertiary/aromatic N) is 1. The van der Waals surface area contributed by atoms with Gasteiger partial charge in [0, 0.05) is 19.0 Å². The van der Waals surface area contributed by atoms with Gasteiger partial charge < -0.3 is 19.7 Å². The van der Waals surface area contributed by atoms with Crippen LogP contribution in [0.3, 0.4) is 0 Å². The maximum Gasteiger partial charge on any atom is 0.224 e. The number of hydrogen-bond acceptors (Lipinski definition) is 4. The van der Waals surface area contributed by atoms with Gasteiger partial charge in [0.2, 0.25) is 5.91 Å². The Labute approximate surface area is 154 Å². The van der Waals surface area contributed by atoms with Gasteiger partial charge in [-0.15, -0.1) is 12.4 Å². The van der Waals surface area contributed by atoms with Crippen LogP contribution < -0.4 is 5.32 Å². The van der Waals surface area contributed by atoms with E-state index in [2.05, 4.69) is 5.32 Å². The van der Waals surface area contributed by atoms with Crippen LogP contribution >= 0.6 is 12.4 Å². The molecule has 3 rings (SSSR count). The number of aliphatic hydroxyl groups is 1. The van der Waals surface area contributed by atoms with Crippen LogP contribution in [0.2, 0.25) is 0 Å². The largest absolute Gasteiger partial charge is 0.467 e. The average Bonchev–Trinajstić information content (AvgIpc) is 3.29. The number of carbonyl (C=O) groups excluding carboxylic acids is 1. The molecule has 0 bridgehead atoms. The van der Waals surface area contributed by atoms with Gasteiger partial charge in [0.1, 0.15) is 11.9 Å². The first-order valence-electron chi connectivity index (χ1n) is 8.49. The lowest BCUT2D eigenvalue weighted by Gasteiger charge is -2.26. The molecule has 25 heavy (non-hydrogen) atoms. The van der Waals surface area contributed by atoms with Gasteiger partial charge in [-0.25, -0.2) is 0 Å². The zero-order valence-corrected chi connectivity index (χ0v) is 15.0. The summed E-state index contributed by atoms with van der Waals surface area (Å²) in [4.78, 5) is 14.5. The fraction of sp³-hybridized carbons (Fsp3) is 0.421. The highest BCUT2D eigenvalue weighted by Gasteiger charge is 2.24. The van der Waals surface area contributed by atoms with E-state index in [4.69, 9.17) is 4.42 Å². The Bertz CT molecular complexity index is 627. The third kappa shape index (κ3) is 5.59. The second kappa shape index (κ2) is 9.61. The molecule has 0 spiro atoms. The van der Waals surface area contributed by atoms with Gasteiger partial charge in [0.25, 0.3) is 0 Å². The fourth-order valence-electron chi connectivity index (χ4n) is 3.11. The van der Waals surface area contributed by atoms with Gasteiger partial charge in [0.15, 0.2) is 0 Å². The number of halogens is 1. The summed E-state index contributed by atoms with van der Waals surface area (Å²) >= 11 is 0. The molecular weight excluding hydrogens is 340 g/mol. The number of rotatable bonds is 7. The molecule has 2 heterocycles. The van der Waals surface area contributed by atoms with Crippen molar-refractivity contribution < 1.29 is 14.3 Å². The summed E-state index contributed by atoms with van der Waals surface area (Å²) < 4.78 is 5.26. The van der Waals surface area contributed by atoms with E-state index in [-0.39, 0.29) is 30.9 Å². The Morgan fingerprint density at radius 3 is 2.72 bits per heavy atom. The molecule has 1 aliphatic rings. The lowest BCUT2D eigenvalue weighted by Crippen LogP contribution is -2.38. The molecule has 0 radical (unpaired) electrons. The van der Waals surface area contributed by atoms with Crippen molar-refractivity contribution in [2.24, 2.45) is 0 Å². The molecule has 2 aromatic rings. The third-order valence-electron chi connectivity index (χ3n) is 4.42. The minimum Gasteiger partial charge on any atom is -0.467 e. The maximum absolute atomic E-state index is 12.8. The summed E-state index contributed by atoms with van der Waals surface area (Å²) in [6.45, 7) is 1.70. The molecule has 1 aliphatic heterocycles. The van der Waals surface area contributed by atoms with Crippen molar-refractivity contribution in [2.75, 3.05) is 13.1 Å². The number of carbonyl (C=O) groups is 1. The van der Waals surface area contributed by atoms with E-state index in [0.29, 0.717) is 18.7 Å². The highest BCUT2D eigenvalue weighted by Crippen LogP contribution is 2.18. The van der Waals surface area contributed by atoms with Crippen molar-refractivity contribution in [1.29, 1.82) is 0 Å². The molecule has 6 heteroatoms. The molecule has 0 saturated carbocycles. The van der Waals surface area contributed by atoms with Crippen molar-refractivity contribution in [3.63, 3.8) is 0 Å². The number of hydrogen-bond donors (Lipinski definition) is 2. The van der Waals surface area contributed by atoms with Gasteiger partial charge >= 0.3 is 0 Å². The van der Waals surface area contributed by atoms with Crippen LogP contribution in [-0.4, -0.2) is 35.0 Å². The van der Waals surface area contributed by atoms with E-state index in [1.165, 1.54) is 6.26 Å². The first-order chi connectivity index (χ1) is 11.7. The van der Waals surface area contributed by atoms with Crippen LogP contribution in [0.25, 0.3) is 0 Å². The quantitative estimate of drug-likeness (QED) is 0.792. The summed E-state index contributed by atoms with van der Waals surface area (Å²) in [6.07, 6.45) is 3.34. The molecule has 5 nitrogen and oxygen atoms in total. The molecule has 1 amide bonds. The predicted octanol–water partition coefficient (Wildman–Crippen LogP) is 2.91. The maximum atomic E-state index is 12.8. The molecular formula is C19H25ClN2O3. The summed E-state index contributed by atoms with van der Waals surface area (Å²) in [5.74, 6) is 0.545. The summed E-state index contributed by atoms with van der Waals surface area (Å²) in [5, 5.41) is 13.7. The number of amides is 1. The van der Waals surface area contributed by atoms with E-state index < -0.39 is 6.10 Å². The van der Waals surface area contributed by atoms with Crippen molar-refractivity contribution in [1.82, 2.24) is 10.2 Å². The molecule has 1 aromatic carbocycles. The molecule has 0 aliphatic carbocycles. The molecule has 2 unspecified atom stereocenters. The molecule has 1 saturated heterocycles. The third-order valence-corrected chi connectivity index (χ3v) is 4.42. The minimum absolute atomic E-state index is 0. The minimum atomic E-state index is -0.816. The van der Waals surface area contributed by atoms with Crippen LogP contribution in [0, 0.1) is 0 Å². The van der Waals surface area contributed by atoms with E-state index >= 15 is 0 Å². The summed E-state index contributed by atoms with van der Waals surface area (Å²) in [6, 6.07) is 13.6. The average molecular weight is 365 g/mol. The lowest BCUT2D eigenvalue weighted by molar-refractivity contribution is -0.134. The van der Waals surface area contributed by atoms with E-state index in [9.17, 15) is 9.90 Å². The highest BCUT2D eigenvalue weighted by atomic mass is 35.5. The topological polar surface area (TPSA) is 65.7 Å². The normalized spacial score (nSPS) is 17.7. The standard InChI is InChI=1S/C19H24N2O3.ClH/c22-17(18-9-5-11-24-18)14-21(13-15-6-2-1-3-7-15)19(23)12-16-8-4-10-20-16;/h1-3,5-7,9,11,16-17,20,22H,4,8,10,12-14H2;1H. The second-order valence-electron chi connectivity index (χ2n) is 6.29. The second-order valence-corrected chi connectivity index (χ2v) is 6.29. The van der Waals surface area contributed by atoms with Gasteiger partial charge in [-0.2, -0.15) is 0 Å². The molecule has 1 aromatic heterocycles. The Hall–Kier alpha value is -1.82. The lowest BCUT2D eigenvalue weighted by atomic mass is 10.1. The van der Waals surface area contributed by atoms with Crippen molar-refractivity contribution >= 4 is 18.3 Å². The number of nitrogens with one attached hydrogen (secondary N) is 1. The molecule has 136 valence electrons. The van der Waals surface area contributed by atoms with Crippen LogP contribution in [0.4, 0.5) is 0 Å². The van der Waals surface area contributed by atoms with Crippen molar-refractivity contribution in [2.45, 2.75) is 38.0 Å². The van der Waals surface area contributed by atoms with Crippen molar-refractivity contribution in [3.8, 4) is 0 Å². The van der Waals surface area contributed by atoms with E-state index in [0.717, 1.165) is 24.9 Å². The first-order valence-corrected chi connectivity index (χ1v) is 8.49. The smallest absolute Gasteiger partial charge is 0.224 e. The first kappa shape index (κ1) is 19.5.